The smallest absolute Gasteiger partial charge is 0.413 e. The topological polar surface area (TPSA) is 227 Å². The van der Waals surface area contributed by atoms with E-state index >= 15 is 0 Å². The van der Waals surface area contributed by atoms with Gasteiger partial charge in [-0.1, -0.05) is 112 Å². The van der Waals surface area contributed by atoms with Gasteiger partial charge >= 0.3 is 18.3 Å². The van der Waals surface area contributed by atoms with Crippen molar-refractivity contribution < 1.29 is 53.6 Å². The second-order valence-corrected chi connectivity index (χ2v) is 18.1. The first-order valence-electron chi connectivity index (χ1n) is 23.6. The molecular weight excluding hydrogens is 885 g/mol. The second-order valence-electron chi connectivity index (χ2n) is 18.1. The lowest BCUT2D eigenvalue weighted by Crippen LogP contribution is -2.53. The number of nitrogens with zero attached hydrogens (tertiary/aromatic N) is 3. The van der Waals surface area contributed by atoms with Crippen LogP contribution in [0, 0.1) is 5.92 Å². The first-order valence-corrected chi connectivity index (χ1v) is 23.6. The maximum atomic E-state index is 14.5. The van der Waals surface area contributed by atoms with Crippen LogP contribution in [0.5, 0.6) is 0 Å². The van der Waals surface area contributed by atoms with Gasteiger partial charge in [0, 0.05) is 49.3 Å². The summed E-state index contributed by atoms with van der Waals surface area (Å²) in [5.41, 5.74) is 4.80. The summed E-state index contributed by atoms with van der Waals surface area (Å²) in [5.74, 6) is -1.78. The Labute approximate surface area is 401 Å². The van der Waals surface area contributed by atoms with Gasteiger partial charge in [0.25, 0.3) is 11.8 Å². The zero-order valence-electron chi connectivity index (χ0n) is 39.4. The molecule has 0 radical (unpaired) electrons. The van der Waals surface area contributed by atoms with Crippen molar-refractivity contribution in [3.63, 3.8) is 0 Å². The zero-order chi connectivity index (χ0) is 49.4. The molecule has 0 saturated carbocycles. The average Bonchev–Trinajstić information content (AvgIpc) is 4.03. The number of hydrogen-bond donors (Lipinski definition) is 6. The normalized spacial score (nSPS) is 19.7. The number of ether oxygens (including phenoxy) is 2. The van der Waals surface area contributed by atoms with Crippen LogP contribution in [-0.2, 0) is 29.3 Å². The number of amides is 6. The van der Waals surface area contributed by atoms with Crippen LogP contribution in [0.2, 0.25) is 0 Å². The number of rotatable bonds is 18. The van der Waals surface area contributed by atoms with E-state index in [1.165, 1.54) is 16.9 Å². The number of carbonyl (C=O) groups is 6. The number of methoxy groups -OCH3 is 2. The van der Waals surface area contributed by atoms with E-state index in [1.54, 1.807) is 73.8 Å². The largest absolute Gasteiger partial charge is 0.465 e. The minimum absolute atomic E-state index is 0.0752. The number of aliphatic hydroxyl groups is 1. The molecule has 2 saturated heterocycles. The van der Waals surface area contributed by atoms with Gasteiger partial charge in [-0.3, -0.25) is 19.3 Å². The quantitative estimate of drug-likeness (QED) is 0.0568. The van der Waals surface area contributed by atoms with Crippen molar-refractivity contribution in [1.82, 2.24) is 20.4 Å². The number of hydrogen-bond acceptors (Lipinski definition) is 9. The number of benzene rings is 4. The Morgan fingerprint density at radius 3 is 1.88 bits per heavy atom. The first kappa shape index (κ1) is 49.9. The number of aliphatic hydroxyl groups excluding tert-OH is 1. The summed E-state index contributed by atoms with van der Waals surface area (Å²) in [5, 5.41) is 39.8. The summed E-state index contributed by atoms with van der Waals surface area (Å²) in [7, 11) is 2.73. The fourth-order valence-corrected chi connectivity index (χ4v) is 10.5. The molecule has 17 nitrogen and oxygen atoms in total. The fraction of sp³-hybridized carbons (Fsp3) is 0.423. The second kappa shape index (κ2) is 22.0. The van der Waals surface area contributed by atoms with Crippen LogP contribution in [-0.4, -0.2) is 113 Å². The molecule has 1 aliphatic carbocycles. The van der Waals surface area contributed by atoms with Crippen LogP contribution in [0.15, 0.2) is 97.1 Å². The van der Waals surface area contributed by atoms with Crippen molar-refractivity contribution in [2.45, 2.75) is 101 Å². The van der Waals surface area contributed by atoms with Gasteiger partial charge in [0.15, 0.2) is 0 Å². The molecule has 7 rings (SSSR count). The summed E-state index contributed by atoms with van der Waals surface area (Å²) < 4.78 is 10.3. The molecule has 2 aliphatic heterocycles. The lowest BCUT2D eigenvalue weighted by molar-refractivity contribution is -0.138. The lowest BCUT2D eigenvalue weighted by Gasteiger charge is -2.36. The minimum Gasteiger partial charge on any atom is -0.465 e. The molecule has 3 aliphatic rings. The number of carboxylic acid groups (broad SMARTS) is 2. The van der Waals surface area contributed by atoms with Crippen molar-refractivity contribution in [1.29, 1.82) is 0 Å². The van der Waals surface area contributed by atoms with Crippen molar-refractivity contribution in [2.24, 2.45) is 5.92 Å². The third-order valence-electron chi connectivity index (χ3n) is 13.7. The number of fused-ring (bicyclic) bond motifs is 3. The van der Waals surface area contributed by atoms with Crippen molar-refractivity contribution >= 4 is 47.4 Å². The molecule has 2 fully saturated rings. The average molecular weight is 947 g/mol. The molecule has 17 heteroatoms. The van der Waals surface area contributed by atoms with Gasteiger partial charge in [-0.15, -0.1) is 0 Å². The van der Waals surface area contributed by atoms with Crippen LogP contribution < -0.4 is 20.9 Å². The Morgan fingerprint density at radius 2 is 1.32 bits per heavy atom. The molecule has 6 atom stereocenters. The molecule has 1 unspecified atom stereocenters. The van der Waals surface area contributed by atoms with Crippen LogP contribution in [0.4, 0.5) is 25.8 Å². The Bertz CT molecular complexity index is 2500. The van der Waals surface area contributed by atoms with E-state index in [9.17, 15) is 44.1 Å². The maximum Gasteiger partial charge on any atom is 0.413 e. The number of β-amino-alcohol motifs (C(OH)–C–C–N with tert-alkyl or cyclic N) is 1. The molecule has 2 heterocycles. The van der Waals surface area contributed by atoms with E-state index in [4.69, 9.17) is 9.47 Å². The monoisotopic (exact) mass is 946 g/mol. The van der Waals surface area contributed by atoms with Crippen LogP contribution in [0.1, 0.15) is 99.6 Å². The molecule has 0 spiro atoms. The summed E-state index contributed by atoms with van der Waals surface area (Å²) in [4.78, 5) is 85.0. The fourth-order valence-electron chi connectivity index (χ4n) is 10.5. The third kappa shape index (κ3) is 10.5. The third-order valence-corrected chi connectivity index (χ3v) is 13.7. The van der Waals surface area contributed by atoms with Gasteiger partial charge in [0.1, 0.15) is 24.3 Å². The number of alkyl carbamates (subject to hydrolysis) is 1. The highest BCUT2D eigenvalue weighted by atomic mass is 16.5. The Balaban J connectivity index is 1.23. The number of unbranched alkanes of at least 4 members (excludes halogenated alkanes) is 2. The highest BCUT2D eigenvalue weighted by molar-refractivity contribution is 6.00. The van der Waals surface area contributed by atoms with E-state index < -0.39 is 71.8 Å². The van der Waals surface area contributed by atoms with Crippen molar-refractivity contribution in [3.05, 3.63) is 119 Å². The SMILES string of the molecule is CCCCC1(CCCC)c2cc(NC(=O)[C@@H]3C[C@H](COC)CN3C(=O)[C@H](NC(=O)O)c3ccccc3)ccc2-c2ccc(N(C(=O)O)[C@H]3C[C@@H](O)CN3C(=O)C(NC(=O)OC)c3ccccc3)cc21. The number of carbonyl (C=O) groups excluding carboxylic acids is 4. The highest BCUT2D eigenvalue weighted by Crippen LogP contribution is 2.56. The van der Waals surface area contributed by atoms with E-state index in [0.717, 1.165) is 52.8 Å². The standard InChI is InChI=1S/C52H62N6O11/c1-5-7-23-52(24-8-6-2)40-26-35(53-46(60)42-25-32(31-68-3)29-56(42)47(61)44(54-49(63)64)33-15-11-9-12-16-33)19-21-38(40)39-22-20-36(27-41(39)52)58(51(66)67)43-28-37(59)30-57(43)48(62)45(55-50(65)69-4)34-17-13-10-14-18-34/h9-22,26-27,32,37,42-45,54,59H,5-8,23-25,28-31H2,1-4H3,(H,53,60)(H,55,65)(H,63,64)(H,66,67)/t32-,37+,42-,43-,44+,45?/m0/s1. The van der Waals surface area contributed by atoms with Gasteiger partial charge < -0.3 is 50.5 Å². The highest BCUT2D eigenvalue weighted by Gasteiger charge is 2.47. The lowest BCUT2D eigenvalue weighted by atomic mass is 9.70. The molecule has 4 aromatic carbocycles. The van der Waals surface area contributed by atoms with Crippen LogP contribution in [0.25, 0.3) is 11.1 Å². The van der Waals surface area contributed by atoms with E-state index in [0.29, 0.717) is 48.4 Å². The molecule has 6 amide bonds. The summed E-state index contributed by atoms with van der Waals surface area (Å²) >= 11 is 0. The Kier molecular flexibility index (Phi) is 15.9. The van der Waals surface area contributed by atoms with Gasteiger partial charge in [0.05, 0.1) is 19.8 Å². The molecular formula is C52H62N6O11. The van der Waals surface area contributed by atoms with Gasteiger partial charge in [-0.2, -0.15) is 0 Å². The minimum atomic E-state index is -1.38. The summed E-state index contributed by atoms with van der Waals surface area (Å²) in [6.07, 6.45) is -0.670. The molecule has 366 valence electrons. The predicted octanol–water partition coefficient (Wildman–Crippen LogP) is 7.65. The predicted molar refractivity (Wildman–Crippen MR) is 258 cm³/mol. The number of nitrogens with one attached hydrogen (secondary N) is 3. The van der Waals surface area contributed by atoms with E-state index in [-0.39, 0.29) is 25.4 Å². The molecule has 0 aromatic heterocycles. The number of likely N-dealkylation sites (tertiary alicyclic amines) is 2. The maximum absolute atomic E-state index is 14.5. The van der Waals surface area contributed by atoms with Gasteiger partial charge in [-0.25, -0.2) is 14.4 Å². The number of anilines is 2. The van der Waals surface area contributed by atoms with Gasteiger partial charge in [0.2, 0.25) is 5.91 Å². The van der Waals surface area contributed by atoms with Crippen LogP contribution >= 0.6 is 0 Å². The summed E-state index contributed by atoms with van der Waals surface area (Å²) in [6.45, 7) is 4.53. The zero-order valence-corrected chi connectivity index (χ0v) is 39.4. The van der Waals surface area contributed by atoms with Crippen LogP contribution in [0.3, 0.4) is 0 Å². The first-order chi connectivity index (χ1) is 33.2. The molecule has 0 bridgehead atoms. The molecule has 4 aromatic rings. The molecule has 6 N–H and O–H groups in total. The van der Waals surface area contributed by atoms with Crippen molar-refractivity contribution in [3.8, 4) is 11.1 Å². The van der Waals surface area contributed by atoms with E-state index in [2.05, 4.69) is 29.8 Å². The Morgan fingerprint density at radius 1 is 0.739 bits per heavy atom. The van der Waals surface area contributed by atoms with Gasteiger partial charge in [-0.05, 0) is 76.9 Å². The van der Waals surface area contributed by atoms with E-state index in [1.807, 2.05) is 30.3 Å². The Hall–Kier alpha value is -6.98. The molecule has 69 heavy (non-hydrogen) atoms. The van der Waals surface area contributed by atoms with Crippen molar-refractivity contribution in [2.75, 3.05) is 44.1 Å². The summed E-state index contributed by atoms with van der Waals surface area (Å²) in [6, 6.07) is 24.9.